The number of rotatable bonds is 2. The molecule has 13 heavy (non-hydrogen) atoms. The largest absolute Gasteiger partial charge is 0.354 e. The average Bonchev–Trinajstić information content (AvgIpc) is 2.71. The maximum Gasteiger partial charge on any atom is 0.0997 e. The van der Waals surface area contributed by atoms with Gasteiger partial charge < -0.3 is 10.3 Å². The first-order valence-electron chi connectivity index (χ1n) is 4.41. The topological polar surface area (TPSA) is 32.6 Å². The third-order valence-corrected chi connectivity index (χ3v) is 2.13. The van der Waals surface area contributed by atoms with Crippen molar-refractivity contribution >= 4 is 0 Å². The predicted octanol–water partition coefficient (Wildman–Crippen LogP) is 1.22. The second-order valence-electron chi connectivity index (χ2n) is 3.01. The second kappa shape index (κ2) is 3.46. The van der Waals surface area contributed by atoms with E-state index in [0.29, 0.717) is 0 Å². The summed E-state index contributed by atoms with van der Waals surface area (Å²) in [5, 5.41) is 0. The third-order valence-electron chi connectivity index (χ3n) is 2.13. The van der Waals surface area contributed by atoms with E-state index in [1.165, 1.54) is 11.3 Å². The lowest BCUT2D eigenvalue weighted by atomic mass is 10.2. The highest BCUT2D eigenvalue weighted by atomic mass is 14.9. The Bertz CT molecular complexity index is 359. The van der Waals surface area contributed by atoms with Crippen LogP contribution in [0.4, 0.5) is 0 Å². The van der Waals surface area contributed by atoms with E-state index in [-0.39, 0.29) is 0 Å². The molecule has 2 nitrogen and oxygen atoms in total. The summed E-state index contributed by atoms with van der Waals surface area (Å²) in [4.78, 5) is 0. The highest BCUT2D eigenvalue weighted by Crippen LogP contribution is 2.08. The highest BCUT2D eigenvalue weighted by molar-refractivity contribution is 5.34. The Balaban J connectivity index is 2.33. The number of quaternary nitrogens is 1. The first kappa shape index (κ1) is 8.08. The lowest BCUT2D eigenvalue weighted by Crippen LogP contribution is -2.47. The molecule has 0 radical (unpaired) electrons. The number of hydrogen-bond donors (Lipinski definition) is 1. The minimum Gasteiger partial charge on any atom is -0.354 e. The van der Waals surface area contributed by atoms with E-state index in [4.69, 9.17) is 0 Å². The normalized spacial score (nSPS) is 10.2. The molecule has 0 atom stereocenters. The van der Waals surface area contributed by atoms with Crippen LogP contribution < -0.4 is 5.73 Å². The van der Waals surface area contributed by atoms with Crippen molar-refractivity contribution in [3.8, 4) is 5.69 Å². The zero-order valence-corrected chi connectivity index (χ0v) is 7.48. The number of benzene rings is 1. The Kier molecular flexibility index (Phi) is 2.15. The van der Waals surface area contributed by atoms with E-state index in [2.05, 4.69) is 34.6 Å². The van der Waals surface area contributed by atoms with Crippen molar-refractivity contribution < 1.29 is 5.73 Å². The standard InChI is InChI=1S/C11H12N2/c12-9-10-3-5-11(6-4-10)13-7-1-2-8-13/h1-8H,9,12H2/p+1. The quantitative estimate of drug-likeness (QED) is 0.708. The zero-order chi connectivity index (χ0) is 9.10. The fourth-order valence-corrected chi connectivity index (χ4v) is 1.34. The molecule has 0 aliphatic heterocycles. The van der Waals surface area contributed by atoms with Gasteiger partial charge in [0.1, 0.15) is 0 Å². The lowest BCUT2D eigenvalue weighted by molar-refractivity contribution is -0.386. The maximum atomic E-state index is 3.84. The molecule has 2 aromatic rings. The van der Waals surface area contributed by atoms with Crippen molar-refractivity contribution in [3.05, 3.63) is 54.4 Å². The van der Waals surface area contributed by atoms with E-state index in [1.807, 2.05) is 24.5 Å². The molecule has 3 N–H and O–H groups in total. The minimum absolute atomic E-state index is 0.853. The summed E-state index contributed by atoms with van der Waals surface area (Å²) in [7, 11) is 0. The van der Waals surface area contributed by atoms with Crippen LogP contribution in [-0.2, 0) is 6.54 Å². The second-order valence-corrected chi connectivity index (χ2v) is 3.01. The zero-order valence-electron chi connectivity index (χ0n) is 7.48. The molecule has 0 unspecified atom stereocenters. The van der Waals surface area contributed by atoms with Crippen molar-refractivity contribution in [2.24, 2.45) is 0 Å². The molecule has 0 saturated carbocycles. The summed E-state index contributed by atoms with van der Waals surface area (Å²) in [5.41, 5.74) is 6.31. The summed E-state index contributed by atoms with van der Waals surface area (Å²) < 4.78 is 2.09. The first-order chi connectivity index (χ1) is 6.40. The Hall–Kier alpha value is -1.54. The molecular weight excluding hydrogens is 160 g/mol. The van der Waals surface area contributed by atoms with Gasteiger partial charge in [-0.1, -0.05) is 12.1 Å². The van der Waals surface area contributed by atoms with Gasteiger partial charge in [0, 0.05) is 23.6 Å². The van der Waals surface area contributed by atoms with Gasteiger partial charge in [-0.2, -0.15) is 0 Å². The van der Waals surface area contributed by atoms with Gasteiger partial charge in [0.25, 0.3) is 0 Å². The predicted molar refractivity (Wildman–Crippen MR) is 52.4 cm³/mol. The van der Waals surface area contributed by atoms with Crippen LogP contribution in [0.1, 0.15) is 5.56 Å². The molecule has 1 aromatic carbocycles. The van der Waals surface area contributed by atoms with E-state index in [0.717, 1.165) is 6.54 Å². The fraction of sp³-hybridized carbons (Fsp3) is 0.0909. The van der Waals surface area contributed by atoms with Crippen molar-refractivity contribution in [3.63, 3.8) is 0 Å². The molecule has 0 amide bonds. The minimum atomic E-state index is 0.853. The Morgan fingerprint density at radius 3 is 2.15 bits per heavy atom. The van der Waals surface area contributed by atoms with E-state index in [1.54, 1.807) is 0 Å². The van der Waals surface area contributed by atoms with Crippen LogP contribution in [0.15, 0.2) is 48.8 Å². The van der Waals surface area contributed by atoms with Gasteiger partial charge in [-0.3, -0.25) is 0 Å². The lowest BCUT2D eigenvalue weighted by Gasteiger charge is -2.02. The molecule has 0 spiro atoms. The molecule has 0 bridgehead atoms. The van der Waals surface area contributed by atoms with Crippen LogP contribution in [0.3, 0.4) is 0 Å². The van der Waals surface area contributed by atoms with Gasteiger partial charge in [0.15, 0.2) is 0 Å². The summed E-state index contributed by atoms with van der Waals surface area (Å²) >= 11 is 0. The molecule has 0 aliphatic rings. The van der Waals surface area contributed by atoms with E-state index >= 15 is 0 Å². The highest BCUT2D eigenvalue weighted by Gasteiger charge is 1.94. The van der Waals surface area contributed by atoms with Crippen LogP contribution in [-0.4, -0.2) is 4.57 Å². The molecular formula is C11H13N2+. The summed E-state index contributed by atoms with van der Waals surface area (Å²) in [5.74, 6) is 0. The molecule has 66 valence electrons. The molecule has 0 aliphatic carbocycles. The first-order valence-corrected chi connectivity index (χ1v) is 4.41. The monoisotopic (exact) mass is 173 g/mol. The van der Waals surface area contributed by atoms with Crippen molar-refractivity contribution in [1.82, 2.24) is 4.57 Å². The van der Waals surface area contributed by atoms with Crippen molar-refractivity contribution in [2.75, 3.05) is 0 Å². The number of nitrogens with zero attached hydrogens (tertiary/aromatic N) is 1. The molecule has 0 saturated heterocycles. The van der Waals surface area contributed by atoms with Gasteiger partial charge in [-0.05, 0) is 24.3 Å². The fourth-order valence-electron chi connectivity index (χ4n) is 1.34. The van der Waals surface area contributed by atoms with Gasteiger partial charge in [-0.15, -0.1) is 0 Å². The van der Waals surface area contributed by atoms with Gasteiger partial charge >= 0.3 is 0 Å². The summed E-state index contributed by atoms with van der Waals surface area (Å²) in [6, 6.07) is 12.5. The average molecular weight is 173 g/mol. The molecule has 0 fully saturated rings. The Morgan fingerprint density at radius 1 is 1.00 bits per heavy atom. The van der Waals surface area contributed by atoms with Gasteiger partial charge in [0.05, 0.1) is 6.54 Å². The molecule has 1 aromatic heterocycles. The smallest absolute Gasteiger partial charge is 0.0997 e. The van der Waals surface area contributed by atoms with Crippen LogP contribution >= 0.6 is 0 Å². The molecule has 2 rings (SSSR count). The number of hydrogen-bond acceptors (Lipinski definition) is 0. The van der Waals surface area contributed by atoms with Crippen molar-refractivity contribution in [2.45, 2.75) is 6.54 Å². The van der Waals surface area contributed by atoms with E-state index < -0.39 is 0 Å². The number of aromatic nitrogens is 1. The van der Waals surface area contributed by atoms with Crippen LogP contribution in [0.5, 0.6) is 0 Å². The summed E-state index contributed by atoms with van der Waals surface area (Å²) in [6.07, 6.45) is 4.08. The summed E-state index contributed by atoms with van der Waals surface area (Å²) in [6.45, 7) is 0.853. The van der Waals surface area contributed by atoms with Gasteiger partial charge in [0.2, 0.25) is 0 Å². The Morgan fingerprint density at radius 2 is 1.62 bits per heavy atom. The SMILES string of the molecule is [NH3+]Cc1ccc(-n2cccc2)cc1. The van der Waals surface area contributed by atoms with Gasteiger partial charge in [-0.25, -0.2) is 0 Å². The van der Waals surface area contributed by atoms with Crippen LogP contribution in [0.2, 0.25) is 0 Å². The van der Waals surface area contributed by atoms with Crippen LogP contribution in [0, 0.1) is 0 Å². The van der Waals surface area contributed by atoms with Crippen LogP contribution in [0.25, 0.3) is 5.69 Å². The third kappa shape index (κ3) is 1.63. The molecule has 1 heterocycles. The maximum absolute atomic E-state index is 3.84. The van der Waals surface area contributed by atoms with Crippen molar-refractivity contribution in [1.29, 1.82) is 0 Å². The molecule has 2 heteroatoms. The Labute approximate surface area is 77.6 Å². The van der Waals surface area contributed by atoms with E-state index in [9.17, 15) is 0 Å².